The van der Waals surface area contributed by atoms with Crippen LogP contribution < -0.4 is 32.3 Å². The standard InChI is InChI=1S/C34H32N6O6/c41-29(37-39-33(45)25-15-19-27(20-16-25)35-31(43)23-9-3-1-4-10-23)13-7-8-14-30(42)38-40-34(46)26-17-21-28(22-18-26)36-32(44)24-11-5-2-6-12-24/h1-6,9-12,15-22H,7-8,13-14H2,(H,35,43)(H,36,44)(H,37,41)(H,38,42)(H,39,45)(H,40,46). The monoisotopic (exact) mass is 620 g/mol. The molecule has 4 rings (SSSR count). The number of hydrogen-bond acceptors (Lipinski definition) is 6. The molecule has 0 aliphatic heterocycles. The first-order chi connectivity index (χ1) is 22.3. The highest BCUT2D eigenvalue weighted by Gasteiger charge is 2.12. The maximum absolute atomic E-state index is 12.3. The van der Waals surface area contributed by atoms with Crippen molar-refractivity contribution >= 4 is 46.8 Å². The molecule has 0 saturated carbocycles. The maximum atomic E-state index is 12.3. The van der Waals surface area contributed by atoms with Crippen molar-refractivity contribution in [1.82, 2.24) is 21.7 Å². The van der Waals surface area contributed by atoms with Gasteiger partial charge in [0.1, 0.15) is 0 Å². The number of hydrogen-bond donors (Lipinski definition) is 6. The number of unbranched alkanes of at least 4 members (excludes halogenated alkanes) is 1. The molecule has 0 heterocycles. The minimum absolute atomic E-state index is 0.0670. The first kappa shape index (κ1) is 32.6. The lowest BCUT2D eigenvalue weighted by atomic mass is 10.1. The molecule has 0 radical (unpaired) electrons. The third kappa shape index (κ3) is 10.2. The summed E-state index contributed by atoms with van der Waals surface area (Å²) in [4.78, 5) is 73.4. The summed E-state index contributed by atoms with van der Waals surface area (Å²) < 4.78 is 0. The molecule has 0 aromatic heterocycles. The molecule has 0 aliphatic carbocycles. The highest BCUT2D eigenvalue weighted by atomic mass is 16.2. The van der Waals surface area contributed by atoms with Gasteiger partial charge in [0.15, 0.2) is 0 Å². The molecule has 4 aromatic rings. The van der Waals surface area contributed by atoms with Crippen molar-refractivity contribution in [3.8, 4) is 0 Å². The van der Waals surface area contributed by atoms with Crippen molar-refractivity contribution in [2.45, 2.75) is 25.7 Å². The molecule has 46 heavy (non-hydrogen) atoms. The van der Waals surface area contributed by atoms with Gasteiger partial charge < -0.3 is 10.6 Å². The smallest absolute Gasteiger partial charge is 0.269 e. The van der Waals surface area contributed by atoms with E-state index in [9.17, 15) is 28.8 Å². The molecule has 0 fully saturated rings. The normalized spacial score (nSPS) is 10.2. The van der Waals surface area contributed by atoms with Crippen LogP contribution in [0.15, 0.2) is 109 Å². The second-order valence-electron chi connectivity index (χ2n) is 10.0. The Morgan fingerprint density at radius 2 is 0.696 bits per heavy atom. The summed E-state index contributed by atoms with van der Waals surface area (Å²) in [7, 11) is 0. The van der Waals surface area contributed by atoms with Crippen molar-refractivity contribution < 1.29 is 28.8 Å². The van der Waals surface area contributed by atoms with E-state index in [1.54, 1.807) is 72.8 Å². The molecular formula is C34H32N6O6. The van der Waals surface area contributed by atoms with Gasteiger partial charge in [-0.1, -0.05) is 36.4 Å². The van der Waals surface area contributed by atoms with Crippen LogP contribution in [0.5, 0.6) is 0 Å². The van der Waals surface area contributed by atoms with E-state index in [1.165, 1.54) is 24.3 Å². The van der Waals surface area contributed by atoms with Gasteiger partial charge in [0.2, 0.25) is 11.8 Å². The Kier molecular flexibility index (Phi) is 11.7. The Morgan fingerprint density at radius 1 is 0.370 bits per heavy atom. The van der Waals surface area contributed by atoms with Gasteiger partial charge in [-0.25, -0.2) is 0 Å². The Bertz CT molecular complexity index is 1550. The van der Waals surface area contributed by atoms with Crippen LogP contribution >= 0.6 is 0 Å². The maximum Gasteiger partial charge on any atom is 0.269 e. The first-order valence-corrected chi connectivity index (χ1v) is 14.4. The second kappa shape index (κ2) is 16.5. The SMILES string of the molecule is O=C(CCCCC(=O)NNC(=O)c1ccc(NC(=O)c2ccccc2)cc1)NNC(=O)c1ccc(NC(=O)c2ccccc2)cc1. The molecule has 0 aliphatic rings. The predicted octanol–water partition coefficient (Wildman–Crippen LogP) is 3.97. The van der Waals surface area contributed by atoms with E-state index >= 15 is 0 Å². The van der Waals surface area contributed by atoms with E-state index in [4.69, 9.17) is 0 Å². The first-order valence-electron chi connectivity index (χ1n) is 14.4. The van der Waals surface area contributed by atoms with Gasteiger partial charge in [-0.3, -0.25) is 50.5 Å². The van der Waals surface area contributed by atoms with Gasteiger partial charge >= 0.3 is 0 Å². The molecule has 0 saturated heterocycles. The van der Waals surface area contributed by atoms with Crippen molar-refractivity contribution in [2.24, 2.45) is 0 Å². The zero-order chi connectivity index (χ0) is 32.7. The third-order valence-electron chi connectivity index (χ3n) is 6.57. The average Bonchev–Trinajstić information content (AvgIpc) is 3.09. The summed E-state index contributed by atoms with van der Waals surface area (Å²) in [6, 6.07) is 29.8. The number of hydrazine groups is 2. The molecule has 6 amide bonds. The molecule has 12 heteroatoms. The van der Waals surface area contributed by atoms with Gasteiger partial charge in [-0.2, -0.15) is 0 Å². The van der Waals surface area contributed by atoms with E-state index in [0.29, 0.717) is 35.3 Å². The zero-order valence-corrected chi connectivity index (χ0v) is 24.7. The Hall–Kier alpha value is -6.30. The van der Waals surface area contributed by atoms with Crippen LogP contribution in [0.25, 0.3) is 0 Å². The number of anilines is 2. The van der Waals surface area contributed by atoms with Crippen LogP contribution in [0, 0.1) is 0 Å². The van der Waals surface area contributed by atoms with E-state index in [1.807, 2.05) is 12.1 Å². The van der Waals surface area contributed by atoms with Crippen molar-refractivity contribution in [2.75, 3.05) is 10.6 Å². The highest BCUT2D eigenvalue weighted by molar-refractivity contribution is 6.05. The minimum Gasteiger partial charge on any atom is -0.322 e. The number of benzene rings is 4. The fraction of sp³-hybridized carbons (Fsp3) is 0.118. The lowest BCUT2D eigenvalue weighted by Crippen LogP contribution is -2.42. The molecule has 0 unspecified atom stereocenters. The second-order valence-corrected chi connectivity index (χ2v) is 10.0. The summed E-state index contributed by atoms with van der Waals surface area (Å²) >= 11 is 0. The molecule has 0 spiro atoms. The van der Waals surface area contributed by atoms with Crippen molar-refractivity contribution in [3.63, 3.8) is 0 Å². The molecule has 0 atom stereocenters. The molecule has 0 bridgehead atoms. The number of amides is 6. The molecule has 6 N–H and O–H groups in total. The summed E-state index contributed by atoms with van der Waals surface area (Å²) in [6.07, 6.45) is 0.874. The Labute approximate surface area is 264 Å². The van der Waals surface area contributed by atoms with Crippen LogP contribution in [0.3, 0.4) is 0 Å². The summed E-state index contributed by atoms with van der Waals surface area (Å²) in [5.74, 6) is -2.48. The van der Waals surface area contributed by atoms with E-state index < -0.39 is 23.6 Å². The lowest BCUT2D eigenvalue weighted by molar-refractivity contribution is -0.123. The van der Waals surface area contributed by atoms with Crippen LogP contribution in [0.2, 0.25) is 0 Å². The summed E-state index contributed by atoms with van der Waals surface area (Å²) in [6.45, 7) is 0. The van der Waals surface area contributed by atoms with Crippen LogP contribution in [-0.4, -0.2) is 35.4 Å². The van der Waals surface area contributed by atoms with Gasteiger partial charge in [0.05, 0.1) is 0 Å². The fourth-order valence-corrected chi connectivity index (χ4v) is 4.09. The number of rotatable bonds is 11. The third-order valence-corrected chi connectivity index (χ3v) is 6.57. The lowest BCUT2D eigenvalue weighted by Gasteiger charge is -2.10. The number of nitrogens with one attached hydrogen (secondary N) is 6. The minimum atomic E-state index is -0.531. The Balaban J connectivity index is 1.08. The number of carbonyl (C=O) groups is 6. The van der Waals surface area contributed by atoms with Crippen LogP contribution in [-0.2, 0) is 9.59 Å². The highest BCUT2D eigenvalue weighted by Crippen LogP contribution is 2.13. The fourth-order valence-electron chi connectivity index (χ4n) is 4.09. The van der Waals surface area contributed by atoms with Crippen LogP contribution in [0.4, 0.5) is 11.4 Å². The van der Waals surface area contributed by atoms with Gasteiger partial charge in [-0.05, 0) is 85.6 Å². The summed E-state index contributed by atoms with van der Waals surface area (Å²) in [5, 5.41) is 5.48. The molecular weight excluding hydrogens is 588 g/mol. The zero-order valence-electron chi connectivity index (χ0n) is 24.7. The average molecular weight is 621 g/mol. The topological polar surface area (TPSA) is 175 Å². The molecule has 4 aromatic carbocycles. The van der Waals surface area contributed by atoms with Crippen molar-refractivity contribution in [3.05, 3.63) is 131 Å². The van der Waals surface area contributed by atoms with Gasteiger partial charge in [-0.15, -0.1) is 0 Å². The van der Waals surface area contributed by atoms with Crippen LogP contribution in [0.1, 0.15) is 67.1 Å². The quantitative estimate of drug-likeness (QED) is 0.109. The number of carbonyl (C=O) groups excluding carboxylic acids is 6. The van der Waals surface area contributed by atoms with E-state index in [-0.39, 0.29) is 35.8 Å². The predicted molar refractivity (Wildman–Crippen MR) is 171 cm³/mol. The van der Waals surface area contributed by atoms with Gasteiger partial charge in [0, 0.05) is 46.5 Å². The summed E-state index contributed by atoms with van der Waals surface area (Å²) in [5.41, 5.74) is 11.9. The molecule has 12 nitrogen and oxygen atoms in total. The Morgan fingerprint density at radius 3 is 1.04 bits per heavy atom. The van der Waals surface area contributed by atoms with Gasteiger partial charge in [0.25, 0.3) is 23.6 Å². The largest absolute Gasteiger partial charge is 0.322 e. The van der Waals surface area contributed by atoms with E-state index in [0.717, 1.165) is 0 Å². The molecule has 234 valence electrons. The van der Waals surface area contributed by atoms with Crippen molar-refractivity contribution in [1.29, 1.82) is 0 Å². The van der Waals surface area contributed by atoms with E-state index in [2.05, 4.69) is 32.3 Å².